The normalized spacial score (nSPS) is 10.3. The molecule has 2 aromatic carbocycles. The third-order valence-electron chi connectivity index (χ3n) is 4.44. The molecule has 0 heterocycles. The lowest BCUT2D eigenvalue weighted by molar-refractivity contribution is 0.0494. The molecule has 0 bridgehead atoms. The van der Waals surface area contributed by atoms with Crippen LogP contribution >= 0.6 is 0 Å². The Labute approximate surface area is 177 Å². The topological polar surface area (TPSA) is 81.7 Å². The summed E-state index contributed by atoms with van der Waals surface area (Å²) in [6.07, 6.45) is 4.34. The molecule has 2 rings (SSSR count). The molecule has 6 heteroatoms. The van der Waals surface area contributed by atoms with Gasteiger partial charge < -0.3 is 14.8 Å². The van der Waals surface area contributed by atoms with E-state index in [1.807, 2.05) is 30.3 Å². The van der Waals surface area contributed by atoms with Crippen LogP contribution < -0.4 is 15.5 Å². The van der Waals surface area contributed by atoms with Crippen molar-refractivity contribution in [2.75, 3.05) is 19.8 Å². The van der Waals surface area contributed by atoms with Gasteiger partial charge in [0.1, 0.15) is 5.75 Å². The predicted molar refractivity (Wildman–Crippen MR) is 116 cm³/mol. The Morgan fingerprint density at radius 1 is 0.867 bits per heavy atom. The van der Waals surface area contributed by atoms with Gasteiger partial charge in [0.15, 0.2) is 5.43 Å². The van der Waals surface area contributed by atoms with E-state index in [4.69, 9.17) is 9.47 Å². The first-order chi connectivity index (χ1) is 14.6. The molecule has 1 amide bonds. The zero-order valence-corrected chi connectivity index (χ0v) is 17.4. The van der Waals surface area contributed by atoms with Gasteiger partial charge >= 0.3 is 5.97 Å². The van der Waals surface area contributed by atoms with E-state index in [1.165, 1.54) is 24.3 Å². The summed E-state index contributed by atoms with van der Waals surface area (Å²) in [6, 6.07) is 15.0. The Morgan fingerprint density at radius 2 is 1.60 bits per heavy atom. The second-order valence-electron chi connectivity index (χ2n) is 6.87. The smallest absolute Gasteiger partial charge is 0.338 e. The maximum Gasteiger partial charge on any atom is 0.338 e. The van der Waals surface area contributed by atoms with Crippen LogP contribution in [0.1, 0.15) is 59.7 Å². The van der Waals surface area contributed by atoms with Crippen molar-refractivity contribution in [1.29, 1.82) is 0 Å². The summed E-state index contributed by atoms with van der Waals surface area (Å²) in [5, 5.41) is 2.74. The highest BCUT2D eigenvalue weighted by atomic mass is 16.5. The predicted octanol–water partition coefficient (Wildman–Crippen LogP) is 3.98. The molecule has 30 heavy (non-hydrogen) atoms. The van der Waals surface area contributed by atoms with E-state index < -0.39 is 17.3 Å². The number of amides is 1. The van der Waals surface area contributed by atoms with Gasteiger partial charge in [-0.15, -0.1) is 0 Å². The molecule has 160 valence electrons. The Kier molecular flexibility index (Phi) is 10.1. The van der Waals surface area contributed by atoms with Gasteiger partial charge in [0.05, 0.1) is 24.3 Å². The van der Waals surface area contributed by atoms with E-state index in [2.05, 4.69) is 12.2 Å². The molecule has 0 unspecified atom stereocenters. The van der Waals surface area contributed by atoms with Crippen LogP contribution in [0.4, 0.5) is 0 Å². The maximum atomic E-state index is 12.2. The number of nitrogens with one attached hydrogen (secondary N) is 1. The summed E-state index contributed by atoms with van der Waals surface area (Å²) in [7, 11) is 0. The van der Waals surface area contributed by atoms with E-state index >= 15 is 0 Å². The van der Waals surface area contributed by atoms with Crippen molar-refractivity contribution in [1.82, 2.24) is 5.32 Å². The summed E-state index contributed by atoms with van der Waals surface area (Å²) < 4.78 is 10.8. The fourth-order valence-electron chi connectivity index (χ4n) is 2.72. The lowest BCUT2D eigenvalue weighted by Crippen LogP contribution is -2.28. The fourth-order valence-corrected chi connectivity index (χ4v) is 2.72. The number of unbranched alkanes of at least 4 members (excludes halogenated alkanes) is 3. The number of para-hydroxylation sites is 1. The van der Waals surface area contributed by atoms with Crippen molar-refractivity contribution in [3.8, 4) is 5.75 Å². The van der Waals surface area contributed by atoms with Gasteiger partial charge in [0.2, 0.25) is 0 Å². The summed E-state index contributed by atoms with van der Waals surface area (Å²) in [5.74, 6) is -0.140. The molecule has 0 saturated heterocycles. The molecule has 0 aliphatic rings. The Hall–Kier alpha value is -3.15. The van der Waals surface area contributed by atoms with Crippen LogP contribution in [0.2, 0.25) is 0 Å². The molecule has 2 aromatic rings. The van der Waals surface area contributed by atoms with E-state index in [1.54, 1.807) is 0 Å². The third-order valence-corrected chi connectivity index (χ3v) is 4.44. The third kappa shape index (κ3) is 8.07. The van der Waals surface area contributed by atoms with Gasteiger partial charge in [0.25, 0.3) is 5.91 Å². The van der Waals surface area contributed by atoms with Gasteiger partial charge in [0, 0.05) is 6.54 Å². The fraction of sp³-hybridized carbons (Fsp3) is 0.375. The number of carbonyl (C=O) groups excluding carboxylic acids is 2. The van der Waals surface area contributed by atoms with Crippen molar-refractivity contribution >= 4 is 11.9 Å². The number of hydrogen-bond acceptors (Lipinski definition) is 5. The van der Waals surface area contributed by atoms with Gasteiger partial charge in [-0.25, -0.2) is 4.79 Å². The van der Waals surface area contributed by atoms with Crippen molar-refractivity contribution in [2.24, 2.45) is 0 Å². The Balaban J connectivity index is 1.77. The van der Waals surface area contributed by atoms with Gasteiger partial charge in [-0.2, -0.15) is 0 Å². The number of rotatable bonds is 12. The SMILES string of the molecule is CCCCCNC(=O)c1ccc(C(=O)OCCCCOc2ccccc2)ccc1=O. The standard InChI is InChI=1S/C24H29NO5/c1-2-3-7-16-25-23(27)21-14-12-19(13-15-22(21)26)24(28)30-18-9-8-17-29-20-10-5-4-6-11-20/h4-6,10-15H,2-3,7-9,16-18H2,1H3,(H,25,27). The first-order valence-electron chi connectivity index (χ1n) is 10.4. The van der Waals surface area contributed by atoms with Crippen molar-refractivity contribution < 1.29 is 19.1 Å². The van der Waals surface area contributed by atoms with Crippen LogP contribution in [-0.2, 0) is 4.74 Å². The van der Waals surface area contributed by atoms with E-state index in [-0.39, 0.29) is 17.7 Å². The minimum absolute atomic E-state index is 0.0172. The number of ether oxygens (including phenoxy) is 2. The minimum atomic E-state index is -0.524. The molecular formula is C24H29NO5. The molecule has 0 radical (unpaired) electrons. The van der Waals surface area contributed by atoms with Crippen LogP contribution in [0.5, 0.6) is 5.75 Å². The highest BCUT2D eigenvalue weighted by Crippen LogP contribution is 2.09. The Bertz CT molecular complexity index is 867. The zero-order chi connectivity index (χ0) is 21.6. The average molecular weight is 411 g/mol. The molecule has 1 N–H and O–H groups in total. The average Bonchev–Trinajstić information content (AvgIpc) is 2.96. The van der Waals surface area contributed by atoms with Gasteiger partial charge in [-0.05, 0) is 55.7 Å². The summed E-state index contributed by atoms with van der Waals surface area (Å²) >= 11 is 0. The van der Waals surface area contributed by atoms with Gasteiger partial charge in [-0.3, -0.25) is 9.59 Å². The van der Waals surface area contributed by atoms with Crippen molar-refractivity contribution in [2.45, 2.75) is 39.0 Å². The molecule has 0 aliphatic carbocycles. The van der Waals surface area contributed by atoms with Gasteiger partial charge in [-0.1, -0.05) is 38.0 Å². The lowest BCUT2D eigenvalue weighted by atomic mass is 10.2. The number of esters is 1. The summed E-state index contributed by atoms with van der Waals surface area (Å²) in [5.41, 5.74) is -0.179. The second-order valence-corrected chi connectivity index (χ2v) is 6.87. The van der Waals surface area contributed by atoms with Crippen molar-refractivity contribution in [3.63, 3.8) is 0 Å². The lowest BCUT2D eigenvalue weighted by Gasteiger charge is -2.06. The molecule has 6 nitrogen and oxygen atoms in total. The van der Waals surface area contributed by atoms with Crippen molar-refractivity contribution in [3.05, 3.63) is 75.9 Å². The molecule has 0 spiro atoms. The first kappa shape index (κ1) is 23.1. The number of hydrogen-bond donors (Lipinski definition) is 1. The quantitative estimate of drug-likeness (QED) is 0.422. The van der Waals surface area contributed by atoms with Crippen LogP contribution in [0.25, 0.3) is 0 Å². The van der Waals surface area contributed by atoms with Crippen LogP contribution in [0.3, 0.4) is 0 Å². The van der Waals surface area contributed by atoms with E-state index in [0.717, 1.165) is 31.4 Å². The summed E-state index contributed by atoms with van der Waals surface area (Å²) in [4.78, 5) is 36.5. The summed E-state index contributed by atoms with van der Waals surface area (Å²) in [6.45, 7) is 3.39. The highest BCUT2D eigenvalue weighted by molar-refractivity contribution is 5.95. The monoisotopic (exact) mass is 411 g/mol. The van der Waals surface area contributed by atoms with Crippen LogP contribution in [0.15, 0.2) is 59.4 Å². The number of carbonyl (C=O) groups is 2. The second kappa shape index (κ2) is 13.1. The molecule has 0 aromatic heterocycles. The molecule has 0 saturated carbocycles. The maximum absolute atomic E-state index is 12.2. The number of benzene rings is 1. The van der Waals surface area contributed by atoms with E-state index in [9.17, 15) is 14.4 Å². The molecule has 0 aliphatic heterocycles. The first-order valence-corrected chi connectivity index (χ1v) is 10.4. The van der Waals surface area contributed by atoms with E-state index in [0.29, 0.717) is 19.6 Å². The molecule has 0 fully saturated rings. The van der Waals surface area contributed by atoms with Crippen LogP contribution in [0, 0.1) is 0 Å². The molecular weight excluding hydrogens is 382 g/mol. The minimum Gasteiger partial charge on any atom is -0.494 e. The zero-order valence-electron chi connectivity index (χ0n) is 17.4. The molecule has 0 atom stereocenters. The Morgan fingerprint density at radius 3 is 2.37 bits per heavy atom. The highest BCUT2D eigenvalue weighted by Gasteiger charge is 2.11. The largest absolute Gasteiger partial charge is 0.494 e. The van der Waals surface area contributed by atoms with Crippen LogP contribution in [-0.4, -0.2) is 31.6 Å².